The fourth-order valence-corrected chi connectivity index (χ4v) is 3.80. The molecule has 2 saturated heterocycles. The SMILES string of the molecule is CC1(C)CC1C(=O)N(N)C(=O)C1CCC2CN1C(=O)N2OS(=O)(=O)O. The number of nitrogens with two attached hydrogens (primary N) is 1. The van der Waals surface area contributed by atoms with E-state index in [0.29, 0.717) is 16.5 Å². The van der Waals surface area contributed by atoms with Gasteiger partial charge in [0.1, 0.15) is 6.04 Å². The zero-order chi connectivity index (χ0) is 18.7. The Kier molecular flexibility index (Phi) is 4.06. The molecule has 4 amide bonds. The minimum atomic E-state index is -4.86. The highest BCUT2D eigenvalue weighted by Gasteiger charge is 2.55. The van der Waals surface area contributed by atoms with Gasteiger partial charge in [0, 0.05) is 12.5 Å². The van der Waals surface area contributed by atoms with Gasteiger partial charge in [-0.15, -0.1) is 4.28 Å². The third-order valence-electron chi connectivity index (χ3n) is 5.07. The van der Waals surface area contributed by atoms with Crippen LogP contribution in [0.5, 0.6) is 0 Å². The van der Waals surface area contributed by atoms with Crippen LogP contribution in [0.15, 0.2) is 0 Å². The monoisotopic (exact) mass is 376 g/mol. The zero-order valence-electron chi connectivity index (χ0n) is 13.8. The van der Waals surface area contributed by atoms with E-state index in [1.165, 1.54) is 0 Å². The summed E-state index contributed by atoms with van der Waals surface area (Å²) >= 11 is 0. The molecule has 12 heteroatoms. The zero-order valence-corrected chi connectivity index (χ0v) is 14.6. The molecule has 1 aliphatic carbocycles. The number of piperidine rings is 1. The molecule has 3 rings (SSSR count). The van der Waals surface area contributed by atoms with Crippen LogP contribution in [0.4, 0.5) is 4.79 Å². The van der Waals surface area contributed by atoms with Crippen molar-refractivity contribution < 1.29 is 31.6 Å². The van der Waals surface area contributed by atoms with Crippen molar-refractivity contribution in [2.45, 2.75) is 45.2 Å². The van der Waals surface area contributed by atoms with E-state index in [9.17, 15) is 22.8 Å². The minimum absolute atomic E-state index is 0.0434. The van der Waals surface area contributed by atoms with Gasteiger partial charge in [0.15, 0.2) is 0 Å². The van der Waals surface area contributed by atoms with Gasteiger partial charge in [0.25, 0.3) is 5.91 Å². The van der Waals surface area contributed by atoms with Crippen LogP contribution in [-0.4, -0.2) is 64.4 Å². The van der Waals surface area contributed by atoms with Crippen LogP contribution in [0.25, 0.3) is 0 Å². The number of hydroxylamine groups is 2. The lowest BCUT2D eigenvalue weighted by Crippen LogP contribution is -2.55. The van der Waals surface area contributed by atoms with E-state index < -0.39 is 40.3 Å². The second kappa shape index (κ2) is 5.62. The van der Waals surface area contributed by atoms with Crippen LogP contribution in [0, 0.1) is 11.3 Å². The van der Waals surface area contributed by atoms with Crippen LogP contribution >= 0.6 is 0 Å². The molecule has 0 aromatic carbocycles. The topological polar surface area (TPSA) is 151 Å². The van der Waals surface area contributed by atoms with Gasteiger partial charge in [-0.2, -0.15) is 13.5 Å². The highest BCUT2D eigenvalue weighted by atomic mass is 32.3. The summed E-state index contributed by atoms with van der Waals surface area (Å²) in [6.45, 7) is 3.84. The van der Waals surface area contributed by atoms with E-state index in [2.05, 4.69) is 4.28 Å². The number of rotatable bonds is 4. The Morgan fingerprint density at radius 1 is 1.32 bits per heavy atom. The summed E-state index contributed by atoms with van der Waals surface area (Å²) in [5.41, 5.74) is -0.198. The van der Waals surface area contributed by atoms with Crippen LogP contribution < -0.4 is 5.84 Å². The summed E-state index contributed by atoms with van der Waals surface area (Å²) in [5, 5.41) is 1.10. The molecule has 1 saturated carbocycles. The normalized spacial score (nSPS) is 30.4. The maximum atomic E-state index is 12.6. The second-order valence-electron chi connectivity index (χ2n) is 7.30. The number of amides is 4. The molecule has 2 aliphatic heterocycles. The molecular weight excluding hydrogens is 356 g/mol. The van der Waals surface area contributed by atoms with Crippen molar-refractivity contribution in [3.05, 3.63) is 0 Å². The number of carbonyl (C=O) groups excluding carboxylic acids is 3. The Morgan fingerprint density at radius 2 is 1.92 bits per heavy atom. The number of urea groups is 1. The van der Waals surface area contributed by atoms with Crippen molar-refractivity contribution in [3.63, 3.8) is 0 Å². The molecule has 3 aliphatic rings. The average Bonchev–Trinajstić information content (AvgIpc) is 3.10. The molecule has 11 nitrogen and oxygen atoms in total. The fourth-order valence-electron chi connectivity index (χ4n) is 3.41. The van der Waals surface area contributed by atoms with Gasteiger partial charge >= 0.3 is 16.4 Å². The van der Waals surface area contributed by atoms with Crippen LogP contribution in [0.3, 0.4) is 0 Å². The lowest BCUT2D eigenvalue weighted by atomic mass is 10.00. The number of hydrazine groups is 1. The van der Waals surface area contributed by atoms with Gasteiger partial charge in [0.05, 0.1) is 6.04 Å². The third-order valence-corrected chi connectivity index (χ3v) is 5.42. The Balaban J connectivity index is 1.71. The van der Waals surface area contributed by atoms with Crippen LogP contribution in [0.1, 0.15) is 33.1 Å². The summed E-state index contributed by atoms with van der Waals surface area (Å²) < 4.78 is 34.8. The van der Waals surface area contributed by atoms with E-state index in [-0.39, 0.29) is 30.7 Å². The largest absolute Gasteiger partial charge is 0.418 e. The Bertz CT molecular complexity index is 737. The van der Waals surface area contributed by atoms with Gasteiger partial charge in [-0.3, -0.25) is 14.1 Å². The fraction of sp³-hybridized carbons (Fsp3) is 0.769. The Morgan fingerprint density at radius 3 is 2.44 bits per heavy atom. The van der Waals surface area contributed by atoms with Gasteiger partial charge in [0.2, 0.25) is 5.91 Å². The van der Waals surface area contributed by atoms with Crippen molar-refractivity contribution in [3.8, 4) is 0 Å². The first kappa shape index (κ1) is 18.0. The van der Waals surface area contributed by atoms with Gasteiger partial charge in [-0.25, -0.2) is 15.6 Å². The standard InChI is InChI=1S/C13H20N4O7S/c1-13(2)5-8(13)10(18)16(14)11(19)9-4-3-7-6-15(9)12(20)17(7)24-25(21,22)23/h7-9H,3-6,14H2,1-2H3,(H,21,22,23). The molecule has 0 aromatic rings. The second-order valence-corrected chi connectivity index (χ2v) is 8.31. The number of carbonyl (C=O) groups is 3. The minimum Gasteiger partial charge on any atom is -0.309 e. The molecular formula is C13H20N4O7S. The molecule has 3 atom stereocenters. The summed E-state index contributed by atoms with van der Waals surface area (Å²) in [7, 11) is -4.86. The first-order chi connectivity index (χ1) is 11.4. The maximum absolute atomic E-state index is 12.6. The molecule has 25 heavy (non-hydrogen) atoms. The van der Waals surface area contributed by atoms with E-state index >= 15 is 0 Å². The first-order valence-corrected chi connectivity index (χ1v) is 9.18. The quantitative estimate of drug-likeness (QED) is 0.214. The van der Waals surface area contributed by atoms with Gasteiger partial charge in [-0.1, -0.05) is 13.8 Å². The molecule has 140 valence electrons. The first-order valence-electron chi connectivity index (χ1n) is 7.82. The van der Waals surface area contributed by atoms with Crippen LogP contribution in [0.2, 0.25) is 0 Å². The predicted octanol–water partition coefficient (Wildman–Crippen LogP) is -0.736. The third kappa shape index (κ3) is 3.21. The molecule has 0 radical (unpaired) electrons. The smallest absolute Gasteiger partial charge is 0.309 e. The van der Waals surface area contributed by atoms with Crippen molar-refractivity contribution in [1.29, 1.82) is 0 Å². The van der Waals surface area contributed by atoms with E-state index in [1.54, 1.807) is 0 Å². The van der Waals surface area contributed by atoms with Crippen molar-refractivity contribution in [2.24, 2.45) is 17.2 Å². The highest BCUT2D eigenvalue weighted by Crippen LogP contribution is 2.52. The van der Waals surface area contributed by atoms with Crippen molar-refractivity contribution in [1.82, 2.24) is 15.0 Å². The maximum Gasteiger partial charge on any atom is 0.418 e. The van der Waals surface area contributed by atoms with Gasteiger partial charge < -0.3 is 4.90 Å². The molecule has 0 aromatic heterocycles. The Hall–Kier alpha value is -1.76. The molecule has 2 heterocycles. The molecule has 0 spiro atoms. The van der Waals surface area contributed by atoms with Crippen molar-refractivity contribution >= 4 is 28.2 Å². The van der Waals surface area contributed by atoms with E-state index in [1.807, 2.05) is 13.8 Å². The summed E-state index contributed by atoms with van der Waals surface area (Å²) in [4.78, 5) is 38.2. The van der Waals surface area contributed by atoms with E-state index in [4.69, 9.17) is 10.4 Å². The lowest BCUT2D eigenvalue weighted by Gasteiger charge is -2.31. The summed E-state index contributed by atoms with van der Waals surface area (Å²) in [5.74, 6) is 4.15. The number of hydrogen-bond donors (Lipinski definition) is 2. The predicted molar refractivity (Wildman–Crippen MR) is 81.3 cm³/mol. The Labute approximate surface area is 144 Å². The summed E-state index contributed by atoms with van der Waals surface area (Å²) in [6, 6.07) is -2.46. The number of hydrogen-bond acceptors (Lipinski definition) is 7. The molecule has 3 fully saturated rings. The number of nitrogens with zero attached hydrogens (tertiary/aromatic N) is 3. The van der Waals surface area contributed by atoms with Gasteiger partial charge in [-0.05, 0) is 24.7 Å². The number of fused-ring (bicyclic) bond motifs is 2. The molecule has 3 N–H and O–H groups in total. The van der Waals surface area contributed by atoms with Crippen molar-refractivity contribution in [2.75, 3.05) is 6.54 Å². The molecule has 3 unspecified atom stereocenters. The molecule has 2 bridgehead atoms. The van der Waals surface area contributed by atoms with Crippen LogP contribution in [-0.2, 0) is 24.3 Å². The van der Waals surface area contributed by atoms with E-state index in [0.717, 1.165) is 4.90 Å². The number of imide groups is 1. The average molecular weight is 376 g/mol. The summed E-state index contributed by atoms with van der Waals surface area (Å²) in [6.07, 6.45) is 1.11. The lowest BCUT2D eigenvalue weighted by molar-refractivity contribution is -0.149. The highest BCUT2D eigenvalue weighted by molar-refractivity contribution is 7.80.